The zero-order valence-corrected chi connectivity index (χ0v) is 12.6. The van der Waals surface area contributed by atoms with Gasteiger partial charge in [-0.3, -0.25) is 0 Å². The number of imidazole rings is 1. The Morgan fingerprint density at radius 3 is 2.94 bits per heavy atom. The summed E-state index contributed by atoms with van der Waals surface area (Å²) in [4.78, 5) is 9.21. The van der Waals surface area contributed by atoms with Crippen molar-refractivity contribution < 1.29 is 0 Å². The summed E-state index contributed by atoms with van der Waals surface area (Å²) in [5.74, 6) is 2.69. The van der Waals surface area contributed by atoms with Crippen LogP contribution in [0.25, 0.3) is 11.2 Å². The number of rotatable bonds is 5. The zero-order chi connectivity index (χ0) is 13.1. The first-order chi connectivity index (χ1) is 8.69. The third-order valence-corrected chi connectivity index (χ3v) is 4.03. The number of thioether (sulfide) groups is 1. The summed E-state index contributed by atoms with van der Waals surface area (Å²) in [6.07, 6.45) is 4.76. The van der Waals surface area contributed by atoms with E-state index in [1.54, 1.807) is 0 Å². The number of alkyl halides is 1. The lowest BCUT2D eigenvalue weighted by molar-refractivity contribution is 0.593. The van der Waals surface area contributed by atoms with Gasteiger partial charge in [-0.05, 0) is 31.7 Å². The number of nitrogens with zero attached hydrogens (tertiary/aromatic N) is 3. The molecule has 3 nitrogen and oxygen atoms in total. The van der Waals surface area contributed by atoms with Gasteiger partial charge >= 0.3 is 0 Å². The minimum Gasteiger partial charge on any atom is -0.309 e. The van der Waals surface area contributed by atoms with Crippen molar-refractivity contribution >= 4 is 34.5 Å². The van der Waals surface area contributed by atoms with Gasteiger partial charge in [-0.1, -0.05) is 0 Å². The van der Waals surface area contributed by atoms with Gasteiger partial charge < -0.3 is 4.57 Å². The van der Waals surface area contributed by atoms with Gasteiger partial charge in [0, 0.05) is 30.3 Å². The van der Waals surface area contributed by atoms with Crippen LogP contribution in [0.2, 0.25) is 0 Å². The van der Waals surface area contributed by atoms with Gasteiger partial charge in [0.1, 0.15) is 11.3 Å². The van der Waals surface area contributed by atoms with E-state index in [4.69, 9.17) is 16.6 Å². The number of aromatic nitrogens is 3. The Kier molecular flexibility index (Phi) is 4.51. The van der Waals surface area contributed by atoms with Crippen LogP contribution in [-0.4, -0.2) is 32.4 Å². The molecule has 0 N–H and O–H groups in total. The van der Waals surface area contributed by atoms with E-state index in [1.165, 1.54) is 5.56 Å². The van der Waals surface area contributed by atoms with E-state index in [-0.39, 0.29) is 0 Å². The van der Waals surface area contributed by atoms with Crippen molar-refractivity contribution in [1.82, 2.24) is 14.5 Å². The molecule has 0 fully saturated rings. The molecule has 0 aliphatic rings. The summed E-state index contributed by atoms with van der Waals surface area (Å²) in [6, 6.07) is 2.39. The first-order valence-electron chi connectivity index (χ1n) is 6.06. The number of pyridine rings is 1. The van der Waals surface area contributed by atoms with Crippen LogP contribution in [0.15, 0.2) is 12.3 Å². The largest absolute Gasteiger partial charge is 0.309 e. The highest BCUT2D eigenvalue weighted by Crippen LogP contribution is 2.24. The molecular weight excluding hydrogens is 266 g/mol. The summed E-state index contributed by atoms with van der Waals surface area (Å²) in [7, 11) is 0. The molecule has 0 amide bonds. The Hall–Kier alpha value is -0.740. The molecule has 2 rings (SSSR count). The van der Waals surface area contributed by atoms with Gasteiger partial charge in [0.05, 0.1) is 0 Å². The van der Waals surface area contributed by atoms with E-state index in [9.17, 15) is 0 Å². The molecule has 2 aromatic rings. The van der Waals surface area contributed by atoms with Crippen molar-refractivity contribution in [2.45, 2.75) is 26.3 Å². The van der Waals surface area contributed by atoms with Crippen molar-refractivity contribution in [2.24, 2.45) is 0 Å². The van der Waals surface area contributed by atoms with Crippen molar-refractivity contribution in [1.29, 1.82) is 0 Å². The first-order valence-corrected chi connectivity index (χ1v) is 7.99. The molecule has 0 aliphatic carbocycles. The van der Waals surface area contributed by atoms with Gasteiger partial charge in [-0.15, -0.1) is 11.6 Å². The molecule has 0 aromatic carbocycles. The average Bonchev–Trinajstić information content (AvgIpc) is 2.70. The summed E-state index contributed by atoms with van der Waals surface area (Å²) in [5.41, 5.74) is 3.16. The summed E-state index contributed by atoms with van der Waals surface area (Å²) >= 11 is 7.72. The fourth-order valence-corrected chi connectivity index (χ4v) is 3.00. The summed E-state index contributed by atoms with van der Waals surface area (Å²) < 4.78 is 2.24. The van der Waals surface area contributed by atoms with E-state index in [1.807, 2.05) is 24.0 Å². The summed E-state index contributed by atoms with van der Waals surface area (Å²) in [5, 5.41) is 0. The van der Waals surface area contributed by atoms with E-state index in [0.717, 1.165) is 29.2 Å². The highest BCUT2D eigenvalue weighted by atomic mass is 35.5. The molecule has 1 atom stereocenters. The van der Waals surface area contributed by atoms with Crippen LogP contribution in [0, 0.1) is 6.92 Å². The van der Waals surface area contributed by atoms with Crippen LogP contribution in [0.5, 0.6) is 0 Å². The Morgan fingerprint density at radius 2 is 2.28 bits per heavy atom. The Bertz CT molecular complexity index is 538. The molecule has 0 spiro atoms. The molecule has 0 saturated heterocycles. The van der Waals surface area contributed by atoms with Crippen LogP contribution >= 0.6 is 23.4 Å². The molecule has 0 saturated carbocycles. The highest BCUT2D eigenvalue weighted by molar-refractivity contribution is 7.98. The molecular formula is C13H18ClN3S. The van der Waals surface area contributed by atoms with Crippen LogP contribution in [0.4, 0.5) is 0 Å². The van der Waals surface area contributed by atoms with E-state index >= 15 is 0 Å². The van der Waals surface area contributed by atoms with Crippen LogP contribution in [0.3, 0.4) is 0 Å². The van der Waals surface area contributed by atoms with E-state index in [2.05, 4.69) is 29.7 Å². The van der Waals surface area contributed by atoms with Gasteiger partial charge in [0.25, 0.3) is 0 Å². The van der Waals surface area contributed by atoms with Crippen LogP contribution in [-0.2, 0) is 6.42 Å². The third-order valence-electron chi connectivity index (χ3n) is 3.02. The minimum atomic E-state index is 0.387. The van der Waals surface area contributed by atoms with Crippen molar-refractivity contribution in [3.8, 4) is 0 Å². The molecule has 0 bridgehead atoms. The molecule has 2 heterocycles. The number of halogens is 1. The molecule has 98 valence electrons. The normalized spacial score (nSPS) is 13.1. The molecule has 0 aliphatic heterocycles. The quantitative estimate of drug-likeness (QED) is 0.788. The standard InChI is InChI=1S/C13H18ClN3S/c1-9-5-7-15-13-12(9)16-11(4-6-14)17(13)10(2)8-18-3/h5,7,10H,4,6,8H2,1-3H3. The second-order valence-electron chi connectivity index (χ2n) is 4.44. The average molecular weight is 284 g/mol. The SMILES string of the molecule is CSCC(C)n1c(CCCl)nc2c(C)ccnc21. The lowest BCUT2D eigenvalue weighted by Crippen LogP contribution is -2.12. The Morgan fingerprint density at radius 1 is 1.50 bits per heavy atom. The zero-order valence-electron chi connectivity index (χ0n) is 11.0. The number of fused-ring (bicyclic) bond motifs is 1. The van der Waals surface area contributed by atoms with E-state index < -0.39 is 0 Å². The monoisotopic (exact) mass is 283 g/mol. The molecule has 1 unspecified atom stereocenters. The van der Waals surface area contributed by atoms with Gasteiger partial charge in [0.2, 0.25) is 0 Å². The molecule has 0 radical (unpaired) electrons. The maximum absolute atomic E-state index is 5.88. The van der Waals surface area contributed by atoms with Crippen molar-refractivity contribution in [2.75, 3.05) is 17.9 Å². The smallest absolute Gasteiger partial charge is 0.160 e. The lowest BCUT2D eigenvalue weighted by atomic mass is 10.2. The first kappa shape index (κ1) is 13.7. The maximum Gasteiger partial charge on any atom is 0.160 e. The van der Waals surface area contributed by atoms with Gasteiger partial charge in [-0.2, -0.15) is 11.8 Å². The lowest BCUT2D eigenvalue weighted by Gasteiger charge is -2.15. The molecule has 2 aromatic heterocycles. The van der Waals surface area contributed by atoms with Gasteiger partial charge in [-0.25, -0.2) is 9.97 Å². The highest BCUT2D eigenvalue weighted by Gasteiger charge is 2.17. The molecule has 5 heteroatoms. The molecule has 18 heavy (non-hydrogen) atoms. The third kappa shape index (κ3) is 2.50. The topological polar surface area (TPSA) is 30.7 Å². The Labute approximate surface area is 117 Å². The second-order valence-corrected chi connectivity index (χ2v) is 5.73. The second kappa shape index (κ2) is 5.93. The van der Waals surface area contributed by atoms with E-state index in [0.29, 0.717) is 11.9 Å². The number of aryl methyl sites for hydroxylation is 2. The fourth-order valence-electron chi connectivity index (χ4n) is 2.20. The number of hydrogen-bond acceptors (Lipinski definition) is 3. The predicted molar refractivity (Wildman–Crippen MR) is 79.8 cm³/mol. The number of hydrogen-bond donors (Lipinski definition) is 0. The van der Waals surface area contributed by atoms with Crippen molar-refractivity contribution in [3.63, 3.8) is 0 Å². The minimum absolute atomic E-state index is 0.387. The predicted octanol–water partition coefficient (Wildman–Crippen LogP) is 3.45. The maximum atomic E-state index is 5.88. The fraction of sp³-hybridized carbons (Fsp3) is 0.538. The van der Waals surface area contributed by atoms with Crippen LogP contribution < -0.4 is 0 Å². The van der Waals surface area contributed by atoms with Crippen molar-refractivity contribution in [3.05, 3.63) is 23.7 Å². The van der Waals surface area contributed by atoms with Crippen LogP contribution in [0.1, 0.15) is 24.4 Å². The summed E-state index contributed by atoms with van der Waals surface area (Å²) in [6.45, 7) is 4.28. The Balaban J connectivity index is 2.58. The van der Waals surface area contributed by atoms with Gasteiger partial charge in [0.15, 0.2) is 5.65 Å².